The summed E-state index contributed by atoms with van der Waals surface area (Å²) in [6.45, 7) is 0. The number of nitrogens with one attached hydrogen (secondary N) is 2. The normalized spacial score (nSPS) is 10.8. The van der Waals surface area contributed by atoms with Gasteiger partial charge in [-0.2, -0.15) is 5.43 Å². The molecule has 1 aromatic rings. The number of nitrogens with zero attached hydrogens (tertiary/aromatic N) is 1. The minimum absolute atomic E-state index is 0.205. The molecule has 0 aliphatic heterocycles. The first-order valence-corrected chi connectivity index (χ1v) is 4.43. The average Bonchev–Trinajstić information content (AvgIpc) is 2.02. The van der Waals surface area contributed by atoms with Gasteiger partial charge in [0.05, 0.1) is 21.1 Å². The summed E-state index contributed by atoms with van der Waals surface area (Å²) in [5, 5.41) is 2.73. The predicted octanol–water partition coefficient (Wildman–Crippen LogP) is 1.43. The molecule has 2 amide bonds. The fourth-order valence-corrected chi connectivity index (χ4v) is 0.985. The van der Waals surface area contributed by atoms with Crippen molar-refractivity contribution in [1.82, 2.24) is 5.43 Å². The SMILES string of the molecule is C[N+](C)(C)NC(=O)Nc1ccccc1. The summed E-state index contributed by atoms with van der Waals surface area (Å²) in [6, 6.07) is 9.14. The molecule has 0 radical (unpaired) electrons. The van der Waals surface area contributed by atoms with Crippen molar-refractivity contribution < 1.29 is 9.39 Å². The smallest absolute Gasteiger partial charge is 0.304 e. The van der Waals surface area contributed by atoms with E-state index in [1.807, 2.05) is 51.5 Å². The van der Waals surface area contributed by atoms with Crippen LogP contribution in [0.25, 0.3) is 0 Å². The van der Waals surface area contributed by atoms with E-state index < -0.39 is 0 Å². The van der Waals surface area contributed by atoms with E-state index in [4.69, 9.17) is 0 Å². The molecule has 0 aliphatic carbocycles. The highest BCUT2D eigenvalue weighted by Gasteiger charge is 2.11. The summed E-state index contributed by atoms with van der Waals surface area (Å²) in [5.74, 6) is 0. The Balaban J connectivity index is 2.50. The molecule has 1 rings (SSSR count). The van der Waals surface area contributed by atoms with Gasteiger partial charge in [-0.1, -0.05) is 18.2 Å². The number of para-hydroxylation sites is 1. The topological polar surface area (TPSA) is 41.1 Å². The Kier molecular flexibility index (Phi) is 3.09. The molecule has 0 saturated heterocycles. The van der Waals surface area contributed by atoms with Crippen molar-refractivity contribution in [1.29, 1.82) is 0 Å². The van der Waals surface area contributed by atoms with Crippen LogP contribution in [0.3, 0.4) is 0 Å². The van der Waals surface area contributed by atoms with Gasteiger partial charge in [-0.15, -0.1) is 0 Å². The van der Waals surface area contributed by atoms with Crippen LogP contribution < -0.4 is 10.7 Å². The van der Waals surface area contributed by atoms with Gasteiger partial charge in [-0.05, 0) is 12.1 Å². The van der Waals surface area contributed by atoms with Gasteiger partial charge < -0.3 is 5.32 Å². The second-order valence-corrected chi connectivity index (χ2v) is 3.94. The lowest BCUT2D eigenvalue weighted by atomic mass is 10.3. The molecule has 0 spiro atoms. The highest BCUT2D eigenvalue weighted by Crippen LogP contribution is 2.04. The fraction of sp³-hybridized carbons (Fsp3) is 0.300. The number of benzene rings is 1. The molecule has 76 valence electrons. The number of carbonyl (C=O) groups is 1. The highest BCUT2D eigenvalue weighted by atomic mass is 16.2. The van der Waals surface area contributed by atoms with Gasteiger partial charge in [0, 0.05) is 5.69 Å². The maximum Gasteiger partial charge on any atom is 0.363 e. The molecule has 14 heavy (non-hydrogen) atoms. The number of hydrogen-bond acceptors (Lipinski definition) is 1. The van der Waals surface area contributed by atoms with Crippen molar-refractivity contribution in [2.24, 2.45) is 0 Å². The maximum atomic E-state index is 11.4. The molecule has 0 aliphatic rings. The third kappa shape index (κ3) is 3.91. The van der Waals surface area contributed by atoms with E-state index in [0.717, 1.165) is 5.69 Å². The largest absolute Gasteiger partial charge is 0.363 e. The Bertz CT molecular complexity index is 303. The predicted molar refractivity (Wildman–Crippen MR) is 56.6 cm³/mol. The lowest BCUT2D eigenvalue weighted by molar-refractivity contribution is -0.905. The van der Waals surface area contributed by atoms with E-state index in [0.29, 0.717) is 4.59 Å². The van der Waals surface area contributed by atoms with Crippen LogP contribution in [0.2, 0.25) is 0 Å². The monoisotopic (exact) mass is 194 g/mol. The molecule has 1 aromatic carbocycles. The van der Waals surface area contributed by atoms with Gasteiger partial charge in [0.15, 0.2) is 0 Å². The third-order valence-electron chi connectivity index (χ3n) is 1.47. The van der Waals surface area contributed by atoms with Crippen LogP contribution in [0.4, 0.5) is 10.5 Å². The third-order valence-corrected chi connectivity index (χ3v) is 1.47. The molecule has 0 fully saturated rings. The van der Waals surface area contributed by atoms with Crippen LogP contribution >= 0.6 is 0 Å². The molecule has 0 saturated carbocycles. The van der Waals surface area contributed by atoms with Crippen molar-refractivity contribution in [2.75, 3.05) is 26.5 Å². The lowest BCUT2D eigenvalue weighted by Crippen LogP contribution is -2.52. The first kappa shape index (κ1) is 10.5. The molecule has 2 N–H and O–H groups in total. The van der Waals surface area contributed by atoms with E-state index in [-0.39, 0.29) is 6.03 Å². The first-order chi connectivity index (χ1) is 6.47. The van der Waals surface area contributed by atoms with Crippen molar-refractivity contribution in [3.8, 4) is 0 Å². The summed E-state index contributed by atoms with van der Waals surface area (Å²) in [5.41, 5.74) is 3.55. The molecule has 0 unspecified atom stereocenters. The van der Waals surface area contributed by atoms with E-state index >= 15 is 0 Å². The fourth-order valence-electron chi connectivity index (χ4n) is 0.985. The number of anilines is 1. The minimum Gasteiger partial charge on any atom is -0.304 e. The van der Waals surface area contributed by atoms with E-state index in [1.165, 1.54) is 0 Å². The molecule has 0 bridgehead atoms. The van der Waals surface area contributed by atoms with Crippen LogP contribution in [-0.4, -0.2) is 31.8 Å². The number of hydrogen-bond donors (Lipinski definition) is 2. The zero-order valence-corrected chi connectivity index (χ0v) is 8.74. The van der Waals surface area contributed by atoms with Crippen LogP contribution in [0.15, 0.2) is 30.3 Å². The second kappa shape index (κ2) is 4.11. The minimum atomic E-state index is -0.205. The number of urea groups is 1. The molecule has 0 heterocycles. The zero-order valence-electron chi connectivity index (χ0n) is 8.74. The molecule has 0 atom stereocenters. The number of rotatable bonds is 2. The van der Waals surface area contributed by atoms with Crippen LogP contribution in [0.1, 0.15) is 0 Å². The Morgan fingerprint density at radius 1 is 1.14 bits per heavy atom. The van der Waals surface area contributed by atoms with E-state index in [2.05, 4.69) is 10.7 Å². The van der Waals surface area contributed by atoms with Crippen LogP contribution in [-0.2, 0) is 0 Å². The number of amides is 2. The molecular weight excluding hydrogens is 178 g/mol. The quantitative estimate of drug-likeness (QED) is 0.542. The van der Waals surface area contributed by atoms with Crippen molar-refractivity contribution in [3.63, 3.8) is 0 Å². The van der Waals surface area contributed by atoms with Crippen molar-refractivity contribution in [2.45, 2.75) is 0 Å². The van der Waals surface area contributed by atoms with E-state index in [9.17, 15) is 4.79 Å². The Morgan fingerprint density at radius 3 is 2.21 bits per heavy atom. The molecule has 0 aromatic heterocycles. The van der Waals surface area contributed by atoms with E-state index in [1.54, 1.807) is 0 Å². The van der Waals surface area contributed by atoms with Gasteiger partial charge in [0.25, 0.3) is 0 Å². The number of carbonyl (C=O) groups excluding carboxylic acids is 1. The average molecular weight is 194 g/mol. The summed E-state index contributed by atoms with van der Waals surface area (Å²) in [4.78, 5) is 11.4. The number of quaternary nitrogens is 1. The van der Waals surface area contributed by atoms with Gasteiger partial charge in [-0.25, -0.2) is 9.39 Å². The second-order valence-electron chi connectivity index (χ2n) is 3.94. The molecular formula is C10H16N3O+. The van der Waals surface area contributed by atoms with Gasteiger partial charge >= 0.3 is 6.03 Å². The van der Waals surface area contributed by atoms with Crippen LogP contribution in [0, 0.1) is 0 Å². The summed E-state index contributed by atoms with van der Waals surface area (Å²) >= 11 is 0. The van der Waals surface area contributed by atoms with Crippen LogP contribution in [0.5, 0.6) is 0 Å². The Hall–Kier alpha value is -1.55. The summed E-state index contributed by atoms with van der Waals surface area (Å²) in [6.07, 6.45) is 0. The summed E-state index contributed by atoms with van der Waals surface area (Å²) in [7, 11) is 5.64. The Labute approximate surface area is 84.1 Å². The van der Waals surface area contributed by atoms with Crippen molar-refractivity contribution in [3.05, 3.63) is 30.3 Å². The molecule has 4 heteroatoms. The first-order valence-electron chi connectivity index (χ1n) is 4.43. The van der Waals surface area contributed by atoms with Crippen molar-refractivity contribution >= 4 is 11.7 Å². The molecule has 4 nitrogen and oxygen atoms in total. The zero-order chi connectivity index (χ0) is 10.6. The Morgan fingerprint density at radius 2 is 1.71 bits per heavy atom. The van der Waals surface area contributed by atoms with Gasteiger partial charge in [0.1, 0.15) is 0 Å². The maximum absolute atomic E-state index is 11.4. The highest BCUT2D eigenvalue weighted by molar-refractivity contribution is 5.88. The van der Waals surface area contributed by atoms with Gasteiger partial charge in [-0.3, -0.25) is 0 Å². The van der Waals surface area contributed by atoms with Gasteiger partial charge in [0.2, 0.25) is 0 Å². The summed E-state index contributed by atoms with van der Waals surface area (Å²) < 4.78 is 0.388. The standard InChI is InChI=1S/C10H15N3O/c1-13(2,3)12-10(14)11-9-7-5-4-6-8-9/h4-8H,1-3H3,(H-,11,12,14)/p+1. The lowest BCUT2D eigenvalue weighted by Gasteiger charge is -2.23.